The quantitative estimate of drug-likeness (QED) is 0.600. The molecule has 0 aliphatic heterocycles. The third-order valence-corrected chi connectivity index (χ3v) is 3.85. The van der Waals surface area contributed by atoms with Crippen LogP contribution in [-0.2, 0) is 0 Å². The standard InChI is InChI=1S/C14H9Cl3N4.CH4O/c15-7-3-6(4-8(16)5-7)9-1-2-10-11(12(9)17)13(18)21-14(19)20-10;1-2/h1-5H,(H4,18,19,20,21);2H,1H3. The van der Waals surface area contributed by atoms with E-state index in [1.54, 1.807) is 24.3 Å². The maximum Gasteiger partial charge on any atom is 0.222 e. The van der Waals surface area contributed by atoms with Crippen LogP contribution in [0.4, 0.5) is 11.8 Å². The van der Waals surface area contributed by atoms with E-state index < -0.39 is 0 Å². The van der Waals surface area contributed by atoms with E-state index >= 15 is 0 Å². The lowest BCUT2D eigenvalue weighted by atomic mass is 10.0. The molecule has 0 unspecified atom stereocenters. The van der Waals surface area contributed by atoms with Gasteiger partial charge in [0.2, 0.25) is 5.95 Å². The Morgan fingerprint density at radius 3 is 2.13 bits per heavy atom. The summed E-state index contributed by atoms with van der Waals surface area (Å²) >= 11 is 18.5. The molecule has 5 N–H and O–H groups in total. The maximum atomic E-state index is 7.00. The Hall–Kier alpha value is -1.79. The first-order valence-electron chi connectivity index (χ1n) is 6.38. The molecule has 0 bridgehead atoms. The first kappa shape index (κ1) is 17.6. The van der Waals surface area contributed by atoms with Crippen LogP contribution >= 0.6 is 34.8 Å². The number of aromatic nitrogens is 2. The fraction of sp³-hybridized carbons (Fsp3) is 0.0667. The Kier molecular flexibility index (Phi) is 5.49. The van der Waals surface area contributed by atoms with Gasteiger partial charge in [0.25, 0.3) is 0 Å². The van der Waals surface area contributed by atoms with E-state index in [1.165, 1.54) is 0 Å². The minimum absolute atomic E-state index is 0.106. The van der Waals surface area contributed by atoms with Crippen molar-refractivity contribution in [3.63, 3.8) is 0 Å². The van der Waals surface area contributed by atoms with Crippen molar-refractivity contribution in [1.29, 1.82) is 0 Å². The van der Waals surface area contributed by atoms with E-state index in [-0.39, 0.29) is 11.8 Å². The van der Waals surface area contributed by atoms with Gasteiger partial charge in [0, 0.05) is 22.7 Å². The molecule has 0 aliphatic carbocycles. The molecule has 0 amide bonds. The minimum Gasteiger partial charge on any atom is -0.400 e. The molecular formula is C15H13Cl3N4O. The number of halogens is 3. The second-order valence-electron chi connectivity index (χ2n) is 4.45. The Morgan fingerprint density at radius 2 is 1.52 bits per heavy atom. The van der Waals surface area contributed by atoms with E-state index in [9.17, 15) is 0 Å². The van der Waals surface area contributed by atoms with Crippen molar-refractivity contribution in [3.8, 4) is 11.1 Å². The van der Waals surface area contributed by atoms with Crippen LogP contribution in [0, 0.1) is 0 Å². The SMILES string of the molecule is CO.Nc1nc(N)c2c(Cl)c(-c3cc(Cl)cc(Cl)c3)ccc2n1. The number of rotatable bonds is 1. The molecular weight excluding hydrogens is 359 g/mol. The minimum atomic E-state index is 0.106. The van der Waals surface area contributed by atoms with Gasteiger partial charge in [0.15, 0.2) is 0 Å². The predicted octanol–water partition coefficient (Wildman–Crippen LogP) is 4.03. The smallest absolute Gasteiger partial charge is 0.222 e. The molecule has 0 fully saturated rings. The monoisotopic (exact) mass is 370 g/mol. The molecule has 0 radical (unpaired) electrons. The van der Waals surface area contributed by atoms with Crippen LogP contribution in [0.5, 0.6) is 0 Å². The van der Waals surface area contributed by atoms with Gasteiger partial charge in [-0.25, -0.2) is 4.98 Å². The highest BCUT2D eigenvalue weighted by atomic mass is 35.5. The highest BCUT2D eigenvalue weighted by molar-refractivity contribution is 6.39. The summed E-state index contributed by atoms with van der Waals surface area (Å²) < 4.78 is 0. The Labute approximate surface area is 147 Å². The number of nitrogens with zero attached hydrogens (tertiary/aromatic N) is 2. The topological polar surface area (TPSA) is 98.0 Å². The highest BCUT2D eigenvalue weighted by Gasteiger charge is 2.13. The van der Waals surface area contributed by atoms with Crippen LogP contribution in [0.3, 0.4) is 0 Å². The second kappa shape index (κ2) is 7.19. The zero-order valence-electron chi connectivity index (χ0n) is 12.0. The van der Waals surface area contributed by atoms with Crippen LogP contribution in [0.2, 0.25) is 15.1 Å². The molecule has 120 valence electrons. The van der Waals surface area contributed by atoms with Gasteiger partial charge < -0.3 is 16.6 Å². The van der Waals surface area contributed by atoms with Crippen LogP contribution < -0.4 is 11.5 Å². The number of nitrogens with two attached hydrogens (primary N) is 2. The van der Waals surface area contributed by atoms with Crippen LogP contribution in [0.25, 0.3) is 22.0 Å². The molecule has 3 rings (SSSR count). The zero-order chi connectivity index (χ0) is 17.1. The van der Waals surface area contributed by atoms with Gasteiger partial charge in [-0.1, -0.05) is 40.9 Å². The lowest BCUT2D eigenvalue weighted by Gasteiger charge is -2.10. The molecule has 3 aromatic rings. The van der Waals surface area contributed by atoms with Crippen molar-refractivity contribution >= 4 is 57.5 Å². The van der Waals surface area contributed by atoms with Gasteiger partial charge >= 0.3 is 0 Å². The Balaban J connectivity index is 0.000000924. The molecule has 2 aromatic carbocycles. The van der Waals surface area contributed by atoms with E-state index in [0.29, 0.717) is 26.0 Å². The number of benzene rings is 2. The summed E-state index contributed by atoms with van der Waals surface area (Å²) in [6, 6.07) is 8.79. The molecule has 1 aromatic heterocycles. The maximum absolute atomic E-state index is 7.00. The molecule has 1 heterocycles. The molecule has 0 saturated heterocycles. The molecule has 0 aliphatic rings. The highest BCUT2D eigenvalue weighted by Crippen LogP contribution is 2.37. The Morgan fingerprint density at radius 1 is 0.913 bits per heavy atom. The van der Waals surface area contributed by atoms with Crippen molar-refractivity contribution < 1.29 is 5.11 Å². The molecule has 8 heteroatoms. The van der Waals surface area contributed by atoms with Gasteiger partial charge in [-0.15, -0.1) is 0 Å². The van der Waals surface area contributed by atoms with E-state index in [2.05, 4.69) is 9.97 Å². The number of anilines is 2. The summed E-state index contributed by atoms with van der Waals surface area (Å²) in [6.07, 6.45) is 0. The van der Waals surface area contributed by atoms with Crippen LogP contribution in [0.15, 0.2) is 30.3 Å². The number of hydrogen-bond acceptors (Lipinski definition) is 5. The van der Waals surface area contributed by atoms with Crippen LogP contribution in [0.1, 0.15) is 0 Å². The lowest BCUT2D eigenvalue weighted by Crippen LogP contribution is -2.01. The third kappa shape index (κ3) is 3.59. The Bertz CT molecular complexity index is 851. The average Bonchev–Trinajstić information content (AvgIpc) is 2.47. The summed E-state index contributed by atoms with van der Waals surface area (Å²) in [7, 11) is 1.00. The summed E-state index contributed by atoms with van der Waals surface area (Å²) in [6.45, 7) is 0. The van der Waals surface area contributed by atoms with Gasteiger partial charge in [-0.05, 0) is 29.8 Å². The van der Waals surface area contributed by atoms with Crippen LogP contribution in [-0.4, -0.2) is 22.2 Å². The number of hydrogen-bond donors (Lipinski definition) is 3. The van der Waals surface area contributed by atoms with Crippen molar-refractivity contribution in [2.45, 2.75) is 0 Å². The van der Waals surface area contributed by atoms with Gasteiger partial charge in [-0.3, -0.25) is 0 Å². The molecule has 5 nitrogen and oxygen atoms in total. The molecule has 0 spiro atoms. The number of aliphatic hydroxyl groups excluding tert-OH is 1. The van der Waals surface area contributed by atoms with E-state index in [4.69, 9.17) is 51.4 Å². The zero-order valence-corrected chi connectivity index (χ0v) is 14.3. The first-order valence-corrected chi connectivity index (χ1v) is 7.51. The van der Waals surface area contributed by atoms with Gasteiger partial charge in [0.1, 0.15) is 5.82 Å². The lowest BCUT2D eigenvalue weighted by molar-refractivity contribution is 0.399. The number of aliphatic hydroxyl groups is 1. The largest absolute Gasteiger partial charge is 0.400 e. The van der Waals surface area contributed by atoms with Crippen molar-refractivity contribution in [2.24, 2.45) is 0 Å². The predicted molar refractivity (Wildman–Crippen MR) is 97.0 cm³/mol. The number of nitrogen functional groups attached to an aromatic ring is 2. The van der Waals surface area contributed by atoms with E-state index in [1.807, 2.05) is 6.07 Å². The molecule has 0 atom stereocenters. The molecule has 23 heavy (non-hydrogen) atoms. The van der Waals surface area contributed by atoms with E-state index in [0.717, 1.165) is 18.2 Å². The average molecular weight is 372 g/mol. The fourth-order valence-electron chi connectivity index (χ4n) is 2.16. The van der Waals surface area contributed by atoms with Crippen molar-refractivity contribution in [1.82, 2.24) is 9.97 Å². The van der Waals surface area contributed by atoms with Gasteiger partial charge in [0.05, 0.1) is 15.9 Å². The normalized spacial score (nSPS) is 10.3. The fourth-order valence-corrected chi connectivity index (χ4v) is 3.05. The summed E-state index contributed by atoms with van der Waals surface area (Å²) in [4.78, 5) is 8.06. The summed E-state index contributed by atoms with van der Waals surface area (Å²) in [5.74, 6) is 0.340. The van der Waals surface area contributed by atoms with Crippen molar-refractivity contribution in [2.75, 3.05) is 18.6 Å². The molecule has 0 saturated carbocycles. The second-order valence-corrected chi connectivity index (χ2v) is 5.70. The van der Waals surface area contributed by atoms with Gasteiger partial charge in [-0.2, -0.15) is 4.98 Å². The summed E-state index contributed by atoms with van der Waals surface area (Å²) in [5.41, 5.74) is 13.6. The van der Waals surface area contributed by atoms with Crippen molar-refractivity contribution in [3.05, 3.63) is 45.4 Å². The summed E-state index contributed by atoms with van der Waals surface area (Å²) in [5, 5.41) is 9.04. The number of fused-ring (bicyclic) bond motifs is 1. The third-order valence-electron chi connectivity index (χ3n) is 3.02. The first-order chi connectivity index (χ1) is 11.0.